The van der Waals surface area contributed by atoms with Gasteiger partial charge in [-0.05, 0) is 30.7 Å². The van der Waals surface area contributed by atoms with Crippen molar-refractivity contribution in [2.24, 2.45) is 7.05 Å². The Labute approximate surface area is 206 Å². The summed E-state index contributed by atoms with van der Waals surface area (Å²) in [4.78, 5) is 28.3. The lowest BCUT2D eigenvalue weighted by Crippen LogP contribution is -2.36. The summed E-state index contributed by atoms with van der Waals surface area (Å²) in [7, 11) is 8.15. The molecule has 0 aliphatic heterocycles. The number of rotatable bonds is 10. The topological polar surface area (TPSA) is 82.0 Å². The number of likely N-dealkylation sites (N-methyl/N-ethyl adjacent to an activating group) is 1. The standard InChI is InChI=1S/C27H33N3O5/c1-7-8-13-29(2)27(32)21(14-19-17-30(3)22-12-10-9-11-20(19)22)28-26(31)18-15-23(33-4)25(35-6)24(16-18)34-5/h9-12,14-17H,7-8,13H2,1-6H3,(H,28,31). The Hall–Kier alpha value is -3.94. The molecule has 8 nitrogen and oxygen atoms in total. The third kappa shape index (κ3) is 5.59. The zero-order chi connectivity index (χ0) is 25.5. The number of methoxy groups -OCH3 is 3. The number of nitrogens with zero attached hydrogens (tertiary/aromatic N) is 2. The fourth-order valence-electron chi connectivity index (χ4n) is 3.90. The van der Waals surface area contributed by atoms with Crippen LogP contribution in [-0.4, -0.2) is 56.2 Å². The molecular formula is C27H33N3O5. The van der Waals surface area contributed by atoms with Gasteiger partial charge >= 0.3 is 0 Å². The van der Waals surface area contributed by atoms with Crippen molar-refractivity contribution in [3.63, 3.8) is 0 Å². The van der Waals surface area contributed by atoms with E-state index >= 15 is 0 Å². The molecule has 1 aromatic heterocycles. The van der Waals surface area contributed by atoms with Gasteiger partial charge in [0.25, 0.3) is 11.8 Å². The van der Waals surface area contributed by atoms with Crippen LogP contribution < -0.4 is 19.5 Å². The van der Waals surface area contributed by atoms with Gasteiger partial charge in [0.2, 0.25) is 5.75 Å². The Balaban J connectivity index is 2.04. The van der Waals surface area contributed by atoms with E-state index in [1.807, 2.05) is 42.1 Å². The van der Waals surface area contributed by atoms with E-state index in [1.54, 1.807) is 30.2 Å². The highest BCUT2D eigenvalue weighted by Gasteiger charge is 2.22. The van der Waals surface area contributed by atoms with Crippen molar-refractivity contribution in [3.8, 4) is 17.2 Å². The molecule has 1 N–H and O–H groups in total. The Morgan fingerprint density at radius 3 is 2.31 bits per heavy atom. The van der Waals surface area contributed by atoms with Crippen molar-refractivity contribution < 1.29 is 23.8 Å². The normalized spacial score (nSPS) is 11.3. The third-order valence-electron chi connectivity index (χ3n) is 5.83. The van der Waals surface area contributed by atoms with Crippen LogP contribution in [0.15, 0.2) is 48.3 Å². The van der Waals surface area contributed by atoms with Gasteiger partial charge in [0.05, 0.1) is 21.3 Å². The molecule has 35 heavy (non-hydrogen) atoms. The summed E-state index contributed by atoms with van der Waals surface area (Å²) >= 11 is 0. The maximum Gasteiger partial charge on any atom is 0.270 e. The lowest BCUT2D eigenvalue weighted by Gasteiger charge is -2.20. The number of benzene rings is 2. The van der Waals surface area contributed by atoms with Crippen LogP contribution in [0.3, 0.4) is 0 Å². The molecule has 0 unspecified atom stereocenters. The minimum atomic E-state index is -0.465. The van der Waals surface area contributed by atoms with Crippen LogP contribution in [0.25, 0.3) is 17.0 Å². The van der Waals surface area contributed by atoms with E-state index in [4.69, 9.17) is 14.2 Å². The summed E-state index contributed by atoms with van der Waals surface area (Å²) in [6.45, 7) is 2.65. The number of amides is 2. The van der Waals surface area contributed by atoms with E-state index in [0.29, 0.717) is 23.8 Å². The second-order valence-corrected chi connectivity index (χ2v) is 8.22. The van der Waals surface area contributed by atoms with Crippen LogP contribution in [0.5, 0.6) is 17.2 Å². The monoisotopic (exact) mass is 479 g/mol. The molecule has 186 valence electrons. The molecule has 3 aromatic rings. The first-order valence-electron chi connectivity index (χ1n) is 11.5. The minimum absolute atomic E-state index is 0.179. The molecule has 0 saturated heterocycles. The van der Waals surface area contributed by atoms with Crippen LogP contribution in [0, 0.1) is 0 Å². The lowest BCUT2D eigenvalue weighted by atomic mass is 10.1. The molecule has 0 aliphatic carbocycles. The van der Waals surface area contributed by atoms with Gasteiger partial charge in [0.1, 0.15) is 5.70 Å². The number of carbonyl (C=O) groups excluding carboxylic acids is 2. The summed E-state index contributed by atoms with van der Waals surface area (Å²) in [5, 5.41) is 3.81. The molecule has 0 fully saturated rings. The van der Waals surface area contributed by atoms with Crippen molar-refractivity contribution in [1.82, 2.24) is 14.8 Å². The molecule has 2 aromatic carbocycles. The predicted molar refractivity (Wildman–Crippen MR) is 137 cm³/mol. The molecule has 0 radical (unpaired) electrons. The Morgan fingerprint density at radius 1 is 1.06 bits per heavy atom. The zero-order valence-corrected chi connectivity index (χ0v) is 21.2. The van der Waals surface area contributed by atoms with Crippen LogP contribution >= 0.6 is 0 Å². The van der Waals surface area contributed by atoms with Gasteiger partial charge in [-0.2, -0.15) is 0 Å². The minimum Gasteiger partial charge on any atom is -0.493 e. The summed E-state index contributed by atoms with van der Waals surface area (Å²) in [5.74, 6) is 0.347. The molecule has 8 heteroatoms. The fourth-order valence-corrected chi connectivity index (χ4v) is 3.90. The Bertz CT molecular complexity index is 1220. The SMILES string of the molecule is CCCCN(C)C(=O)C(=Cc1cn(C)c2ccccc12)NC(=O)c1cc(OC)c(OC)c(OC)c1. The number of carbonyl (C=O) groups is 2. The molecule has 3 rings (SSSR count). The molecule has 0 saturated carbocycles. The number of hydrogen-bond acceptors (Lipinski definition) is 5. The van der Waals surface area contributed by atoms with E-state index in [-0.39, 0.29) is 17.2 Å². The quantitative estimate of drug-likeness (QED) is 0.440. The van der Waals surface area contributed by atoms with Crippen molar-refractivity contribution in [1.29, 1.82) is 0 Å². The number of ether oxygens (including phenoxy) is 3. The molecule has 0 aliphatic rings. The molecule has 2 amide bonds. The second-order valence-electron chi connectivity index (χ2n) is 8.22. The Kier molecular flexibility index (Phi) is 8.41. The lowest BCUT2D eigenvalue weighted by molar-refractivity contribution is -0.126. The highest BCUT2D eigenvalue weighted by molar-refractivity contribution is 6.07. The number of aromatic nitrogens is 1. The second kappa shape index (κ2) is 11.5. The van der Waals surface area contributed by atoms with Crippen molar-refractivity contribution >= 4 is 28.8 Å². The number of fused-ring (bicyclic) bond motifs is 1. The molecular weight excluding hydrogens is 446 g/mol. The predicted octanol–water partition coefficient (Wildman–Crippen LogP) is 4.23. The van der Waals surface area contributed by atoms with Crippen LogP contribution in [0.4, 0.5) is 0 Å². The zero-order valence-electron chi connectivity index (χ0n) is 21.2. The van der Waals surface area contributed by atoms with E-state index in [1.165, 1.54) is 21.3 Å². The van der Waals surface area contributed by atoms with Gasteiger partial charge in [0, 0.05) is 48.9 Å². The number of hydrogen-bond donors (Lipinski definition) is 1. The summed E-state index contributed by atoms with van der Waals surface area (Å²) < 4.78 is 18.1. The molecule has 1 heterocycles. The van der Waals surface area contributed by atoms with Gasteiger partial charge in [0.15, 0.2) is 11.5 Å². The maximum absolute atomic E-state index is 13.4. The number of nitrogens with one attached hydrogen (secondary N) is 1. The van der Waals surface area contributed by atoms with Gasteiger partial charge < -0.3 is 29.0 Å². The smallest absolute Gasteiger partial charge is 0.270 e. The van der Waals surface area contributed by atoms with Gasteiger partial charge in [-0.1, -0.05) is 31.5 Å². The number of unbranched alkanes of at least 4 members (excludes halogenated alkanes) is 1. The average Bonchev–Trinajstić information content (AvgIpc) is 3.20. The van der Waals surface area contributed by atoms with Crippen molar-refractivity contribution in [3.05, 3.63) is 59.4 Å². The summed E-state index contributed by atoms with van der Waals surface area (Å²) in [6, 6.07) is 11.0. The van der Waals surface area contributed by atoms with Crippen LogP contribution in [0.2, 0.25) is 0 Å². The first-order chi connectivity index (χ1) is 16.8. The molecule has 0 bridgehead atoms. The fraction of sp³-hybridized carbons (Fsp3) is 0.333. The highest BCUT2D eigenvalue weighted by atomic mass is 16.5. The van der Waals surface area contributed by atoms with E-state index < -0.39 is 5.91 Å². The maximum atomic E-state index is 13.4. The van der Waals surface area contributed by atoms with E-state index in [0.717, 1.165) is 29.3 Å². The van der Waals surface area contributed by atoms with Gasteiger partial charge in [-0.25, -0.2) is 0 Å². The number of aryl methyl sites for hydroxylation is 1. The first kappa shape index (κ1) is 25.7. The molecule has 0 spiro atoms. The van der Waals surface area contributed by atoms with Crippen LogP contribution in [-0.2, 0) is 11.8 Å². The van der Waals surface area contributed by atoms with Crippen molar-refractivity contribution in [2.75, 3.05) is 34.9 Å². The van der Waals surface area contributed by atoms with Gasteiger partial charge in [-0.15, -0.1) is 0 Å². The highest BCUT2D eigenvalue weighted by Crippen LogP contribution is 2.38. The van der Waals surface area contributed by atoms with Crippen LogP contribution in [0.1, 0.15) is 35.7 Å². The van der Waals surface area contributed by atoms with E-state index in [9.17, 15) is 9.59 Å². The van der Waals surface area contributed by atoms with Crippen molar-refractivity contribution in [2.45, 2.75) is 19.8 Å². The molecule has 0 atom stereocenters. The summed E-state index contributed by atoms with van der Waals surface area (Å²) in [5.41, 5.74) is 2.31. The summed E-state index contributed by atoms with van der Waals surface area (Å²) in [6.07, 6.45) is 5.49. The number of para-hydroxylation sites is 1. The average molecular weight is 480 g/mol. The first-order valence-corrected chi connectivity index (χ1v) is 11.5. The largest absolute Gasteiger partial charge is 0.493 e. The Morgan fingerprint density at radius 2 is 1.71 bits per heavy atom. The van der Waals surface area contributed by atoms with Gasteiger partial charge in [-0.3, -0.25) is 9.59 Å². The third-order valence-corrected chi connectivity index (χ3v) is 5.83. The van der Waals surface area contributed by atoms with E-state index in [2.05, 4.69) is 12.2 Å².